The molecule has 1 heterocycles. The van der Waals surface area contributed by atoms with Crippen LogP contribution in [0.15, 0.2) is 57.8 Å². The number of benzene rings is 3. The van der Waals surface area contributed by atoms with Gasteiger partial charge in [0.2, 0.25) is 0 Å². The molecule has 0 bridgehead atoms. The average molecular weight is 513 g/mol. The minimum Gasteiger partial charge on any atom is -0.460 e. The molecule has 0 radical (unpaired) electrons. The lowest BCUT2D eigenvalue weighted by atomic mass is 9.71. The number of nitro benzene ring substituents is 1. The maximum atomic E-state index is 13.3. The molecule has 0 aliphatic heterocycles. The Morgan fingerprint density at radius 1 is 1.09 bits per heavy atom. The van der Waals surface area contributed by atoms with Gasteiger partial charge in [0.05, 0.1) is 15.5 Å². The topological polar surface area (TPSA) is 102 Å². The van der Waals surface area contributed by atoms with E-state index in [0.29, 0.717) is 17.0 Å². The van der Waals surface area contributed by atoms with Crippen LogP contribution in [0.25, 0.3) is 21.7 Å². The minimum absolute atomic E-state index is 0.126. The number of halogens is 1. The molecule has 0 saturated heterocycles. The standard InChI is InChI=1S/C26H25ClN2O5S/c1-26(2,3)15-8-11-24-19(12-15)20-14-22(17-6-4-5-7-18(17)25(20)34-24)28-35(32,33)16-9-10-21(27)23(13-16)29(30)31/h4-7,9-10,13-15,28H,8,11-12H2,1-3H3. The summed E-state index contributed by atoms with van der Waals surface area (Å²) in [6, 6.07) is 12.7. The van der Waals surface area contributed by atoms with Crippen molar-refractivity contribution in [3.63, 3.8) is 0 Å². The summed E-state index contributed by atoms with van der Waals surface area (Å²) < 4.78 is 35.5. The maximum Gasteiger partial charge on any atom is 0.289 e. The van der Waals surface area contributed by atoms with Crippen molar-refractivity contribution in [2.24, 2.45) is 11.3 Å². The largest absolute Gasteiger partial charge is 0.460 e. The molecule has 1 atom stereocenters. The molecular weight excluding hydrogens is 488 g/mol. The fourth-order valence-corrected chi connectivity index (χ4v) is 6.20. The van der Waals surface area contributed by atoms with Gasteiger partial charge in [-0.15, -0.1) is 0 Å². The number of anilines is 1. The Morgan fingerprint density at radius 2 is 1.80 bits per heavy atom. The molecule has 0 amide bonds. The van der Waals surface area contributed by atoms with Gasteiger partial charge in [-0.25, -0.2) is 8.42 Å². The highest BCUT2D eigenvalue weighted by atomic mass is 35.5. The molecule has 1 aliphatic rings. The fourth-order valence-electron chi connectivity index (χ4n) is 4.92. The first-order chi connectivity index (χ1) is 16.5. The average Bonchev–Trinajstić information content (AvgIpc) is 3.16. The molecule has 7 nitrogen and oxygen atoms in total. The van der Waals surface area contributed by atoms with E-state index in [1.165, 1.54) is 12.1 Å². The van der Waals surface area contributed by atoms with Crippen LogP contribution in [0.2, 0.25) is 5.02 Å². The normalized spacial score (nSPS) is 16.4. The molecule has 1 unspecified atom stereocenters. The number of fused-ring (bicyclic) bond motifs is 5. The van der Waals surface area contributed by atoms with Gasteiger partial charge in [0.15, 0.2) is 0 Å². The molecule has 1 aliphatic carbocycles. The van der Waals surface area contributed by atoms with Gasteiger partial charge in [-0.05, 0) is 42.4 Å². The molecule has 9 heteroatoms. The predicted octanol–water partition coefficient (Wildman–Crippen LogP) is 7.10. The second kappa shape index (κ2) is 8.24. The molecule has 5 rings (SSSR count). The van der Waals surface area contributed by atoms with Gasteiger partial charge in [-0.1, -0.05) is 56.6 Å². The number of nitrogens with zero attached hydrogens (tertiary/aromatic N) is 1. The van der Waals surface area contributed by atoms with Crippen molar-refractivity contribution in [3.05, 3.63) is 75.0 Å². The molecule has 1 N–H and O–H groups in total. The number of hydrogen-bond donors (Lipinski definition) is 1. The van der Waals surface area contributed by atoms with Gasteiger partial charge in [-0.2, -0.15) is 0 Å². The highest BCUT2D eigenvalue weighted by molar-refractivity contribution is 7.92. The summed E-state index contributed by atoms with van der Waals surface area (Å²) in [6.45, 7) is 6.72. The van der Waals surface area contributed by atoms with E-state index in [1.807, 2.05) is 30.3 Å². The highest BCUT2D eigenvalue weighted by Gasteiger charge is 2.32. The Kier molecular flexibility index (Phi) is 5.56. The van der Waals surface area contributed by atoms with Crippen LogP contribution in [0.4, 0.5) is 11.4 Å². The van der Waals surface area contributed by atoms with Crippen LogP contribution in [0.5, 0.6) is 0 Å². The van der Waals surface area contributed by atoms with Crippen molar-refractivity contribution >= 4 is 54.7 Å². The van der Waals surface area contributed by atoms with Crippen LogP contribution in [-0.2, 0) is 22.9 Å². The van der Waals surface area contributed by atoms with E-state index in [1.54, 1.807) is 0 Å². The van der Waals surface area contributed by atoms with Crippen LogP contribution >= 0.6 is 11.6 Å². The van der Waals surface area contributed by atoms with Crippen molar-refractivity contribution < 1.29 is 17.8 Å². The second-order valence-corrected chi connectivity index (χ2v) is 12.2. The highest BCUT2D eigenvalue weighted by Crippen LogP contribution is 2.44. The number of sulfonamides is 1. The number of nitrogens with one attached hydrogen (secondary N) is 1. The van der Waals surface area contributed by atoms with E-state index in [0.717, 1.165) is 53.0 Å². The third-order valence-electron chi connectivity index (χ3n) is 6.95. The fraction of sp³-hybridized carbons (Fsp3) is 0.308. The number of rotatable bonds is 4. The van der Waals surface area contributed by atoms with Gasteiger partial charge >= 0.3 is 0 Å². The first kappa shape index (κ1) is 23.6. The maximum absolute atomic E-state index is 13.3. The van der Waals surface area contributed by atoms with Gasteiger partial charge in [-0.3, -0.25) is 14.8 Å². The lowest BCUT2D eigenvalue weighted by Crippen LogP contribution is -2.26. The van der Waals surface area contributed by atoms with Crippen LogP contribution in [0, 0.1) is 21.4 Å². The Bertz CT molecular complexity index is 1600. The van der Waals surface area contributed by atoms with Crippen molar-refractivity contribution in [2.45, 2.75) is 44.9 Å². The number of hydrogen-bond acceptors (Lipinski definition) is 5. The van der Waals surface area contributed by atoms with Gasteiger partial charge in [0.1, 0.15) is 16.4 Å². The zero-order valence-electron chi connectivity index (χ0n) is 19.6. The SMILES string of the molecule is CC(C)(C)C1CCc2oc3c(cc(NS(=O)(=O)c4ccc(Cl)c([N+](=O)[O-])c4)c4ccccc43)c2C1. The van der Waals surface area contributed by atoms with Gasteiger partial charge < -0.3 is 4.42 Å². The number of nitro groups is 1. The van der Waals surface area contributed by atoms with Crippen LogP contribution in [0.1, 0.15) is 38.5 Å². The molecular formula is C26H25ClN2O5S. The molecule has 4 aromatic rings. The number of aryl methyl sites for hydroxylation is 1. The van der Waals surface area contributed by atoms with E-state index < -0.39 is 20.6 Å². The van der Waals surface area contributed by atoms with Crippen molar-refractivity contribution in [3.8, 4) is 0 Å². The summed E-state index contributed by atoms with van der Waals surface area (Å²) in [5.74, 6) is 1.44. The Balaban J connectivity index is 1.65. The first-order valence-corrected chi connectivity index (χ1v) is 13.2. The van der Waals surface area contributed by atoms with E-state index >= 15 is 0 Å². The summed E-state index contributed by atoms with van der Waals surface area (Å²) >= 11 is 5.88. The van der Waals surface area contributed by atoms with Crippen LogP contribution in [-0.4, -0.2) is 13.3 Å². The zero-order valence-corrected chi connectivity index (χ0v) is 21.2. The minimum atomic E-state index is -4.13. The second-order valence-electron chi connectivity index (χ2n) is 10.1. The molecule has 0 fully saturated rings. The smallest absolute Gasteiger partial charge is 0.289 e. The Hall–Kier alpha value is -3.10. The third-order valence-corrected chi connectivity index (χ3v) is 8.63. The summed E-state index contributed by atoms with van der Waals surface area (Å²) in [7, 11) is -4.13. The van der Waals surface area contributed by atoms with E-state index in [2.05, 4.69) is 25.5 Å². The molecule has 0 saturated carbocycles. The van der Waals surface area contributed by atoms with Crippen molar-refractivity contribution in [2.75, 3.05) is 4.72 Å². The molecule has 35 heavy (non-hydrogen) atoms. The third kappa shape index (κ3) is 4.15. The molecule has 0 spiro atoms. The molecule has 3 aromatic carbocycles. The van der Waals surface area contributed by atoms with Crippen LogP contribution < -0.4 is 4.72 Å². The lowest BCUT2D eigenvalue weighted by Gasteiger charge is -2.33. The van der Waals surface area contributed by atoms with Crippen molar-refractivity contribution in [1.29, 1.82) is 0 Å². The summed E-state index contributed by atoms with van der Waals surface area (Å²) in [4.78, 5) is 10.3. The van der Waals surface area contributed by atoms with Crippen molar-refractivity contribution in [1.82, 2.24) is 0 Å². The number of furan rings is 1. The molecule has 182 valence electrons. The molecule has 1 aromatic heterocycles. The van der Waals surface area contributed by atoms with E-state index in [4.69, 9.17) is 16.0 Å². The van der Waals surface area contributed by atoms with Gasteiger partial charge in [0.25, 0.3) is 15.7 Å². The lowest BCUT2D eigenvalue weighted by molar-refractivity contribution is -0.384. The summed E-state index contributed by atoms with van der Waals surface area (Å²) in [5.41, 5.74) is 1.95. The quantitative estimate of drug-likeness (QED) is 0.232. The Morgan fingerprint density at radius 3 is 2.49 bits per heavy atom. The summed E-state index contributed by atoms with van der Waals surface area (Å²) in [5, 5.41) is 13.5. The van der Waals surface area contributed by atoms with Gasteiger partial charge in [0, 0.05) is 34.2 Å². The Labute approximate surface area is 208 Å². The first-order valence-electron chi connectivity index (χ1n) is 11.4. The summed E-state index contributed by atoms with van der Waals surface area (Å²) in [6.07, 6.45) is 2.75. The monoisotopic (exact) mass is 512 g/mol. The van der Waals surface area contributed by atoms with E-state index in [-0.39, 0.29) is 15.3 Å². The van der Waals surface area contributed by atoms with Crippen LogP contribution in [0.3, 0.4) is 0 Å². The zero-order chi connectivity index (χ0) is 25.1. The van der Waals surface area contributed by atoms with E-state index in [9.17, 15) is 18.5 Å². The predicted molar refractivity (Wildman–Crippen MR) is 138 cm³/mol.